The molecule has 10 heavy (non-hydrogen) atoms. The van der Waals surface area contributed by atoms with Crippen LogP contribution in [0.15, 0.2) is 23.9 Å². The molecule has 1 amide bonds. The summed E-state index contributed by atoms with van der Waals surface area (Å²) >= 11 is 0. The molecular weight excluding hydrogens is 132 g/mol. The summed E-state index contributed by atoms with van der Waals surface area (Å²) in [7, 11) is 0. The number of primary amides is 1. The second kappa shape index (κ2) is 3.68. The summed E-state index contributed by atoms with van der Waals surface area (Å²) in [5.74, 6) is -0.390. The maximum Gasteiger partial charge on any atom is 0.250 e. The lowest BCUT2D eigenvalue weighted by Gasteiger charge is -2.03. The SMILES string of the molecule is NC(=O)C1=CNCC=C1.O. The van der Waals surface area contributed by atoms with Crippen LogP contribution in [0, 0.1) is 0 Å². The fourth-order valence-electron chi connectivity index (χ4n) is 0.624. The lowest BCUT2D eigenvalue weighted by molar-refractivity contribution is -0.114. The second-order valence-corrected chi connectivity index (χ2v) is 1.77. The zero-order valence-corrected chi connectivity index (χ0v) is 5.42. The van der Waals surface area contributed by atoms with Gasteiger partial charge in [-0.05, 0) is 0 Å². The monoisotopic (exact) mass is 142 g/mol. The smallest absolute Gasteiger partial charge is 0.250 e. The number of nitrogens with one attached hydrogen (secondary N) is 1. The fraction of sp³-hybridized carbons (Fsp3) is 0.167. The van der Waals surface area contributed by atoms with Gasteiger partial charge in [-0.3, -0.25) is 4.79 Å². The van der Waals surface area contributed by atoms with E-state index in [9.17, 15) is 4.79 Å². The van der Waals surface area contributed by atoms with Crippen LogP contribution in [0.25, 0.3) is 0 Å². The molecule has 4 heteroatoms. The number of nitrogens with two attached hydrogens (primary N) is 1. The molecule has 0 spiro atoms. The maximum absolute atomic E-state index is 10.4. The van der Waals surface area contributed by atoms with Crippen LogP contribution in [-0.2, 0) is 4.79 Å². The quantitative estimate of drug-likeness (QED) is 0.476. The first-order valence-corrected chi connectivity index (χ1v) is 2.70. The van der Waals surface area contributed by atoms with Gasteiger partial charge in [-0.2, -0.15) is 0 Å². The summed E-state index contributed by atoms with van der Waals surface area (Å²) in [5, 5.41) is 2.87. The highest BCUT2D eigenvalue weighted by Crippen LogP contribution is 1.96. The molecule has 0 bridgehead atoms. The minimum Gasteiger partial charge on any atom is -0.412 e. The van der Waals surface area contributed by atoms with Gasteiger partial charge in [0.05, 0.1) is 5.57 Å². The Morgan fingerprint density at radius 1 is 1.70 bits per heavy atom. The van der Waals surface area contributed by atoms with Crippen LogP contribution >= 0.6 is 0 Å². The van der Waals surface area contributed by atoms with E-state index < -0.39 is 5.91 Å². The largest absolute Gasteiger partial charge is 0.412 e. The summed E-state index contributed by atoms with van der Waals surface area (Å²) < 4.78 is 0. The van der Waals surface area contributed by atoms with Crippen LogP contribution in [0.5, 0.6) is 0 Å². The third kappa shape index (κ3) is 1.91. The average molecular weight is 142 g/mol. The van der Waals surface area contributed by atoms with Crippen molar-refractivity contribution in [2.75, 3.05) is 6.54 Å². The van der Waals surface area contributed by atoms with Crippen molar-refractivity contribution in [1.29, 1.82) is 0 Å². The van der Waals surface area contributed by atoms with Crippen molar-refractivity contribution in [3.63, 3.8) is 0 Å². The highest BCUT2D eigenvalue weighted by molar-refractivity contribution is 5.94. The fourth-order valence-corrected chi connectivity index (χ4v) is 0.624. The molecule has 0 radical (unpaired) electrons. The molecule has 0 aromatic carbocycles. The van der Waals surface area contributed by atoms with Crippen LogP contribution in [0.1, 0.15) is 0 Å². The van der Waals surface area contributed by atoms with Gasteiger partial charge in [-0.15, -0.1) is 0 Å². The number of amides is 1. The van der Waals surface area contributed by atoms with E-state index >= 15 is 0 Å². The van der Waals surface area contributed by atoms with Gasteiger partial charge in [-0.1, -0.05) is 12.2 Å². The van der Waals surface area contributed by atoms with Crippen molar-refractivity contribution in [1.82, 2.24) is 5.32 Å². The molecule has 0 aliphatic carbocycles. The summed E-state index contributed by atoms with van der Waals surface area (Å²) in [4.78, 5) is 10.4. The first kappa shape index (κ1) is 8.71. The number of carbonyl (C=O) groups excluding carboxylic acids is 1. The van der Waals surface area contributed by atoms with E-state index in [1.807, 2.05) is 6.08 Å². The average Bonchev–Trinajstić information content (AvgIpc) is 1.90. The van der Waals surface area contributed by atoms with Gasteiger partial charge in [0.25, 0.3) is 0 Å². The lowest BCUT2D eigenvalue weighted by Crippen LogP contribution is -2.19. The van der Waals surface area contributed by atoms with Gasteiger partial charge in [0.1, 0.15) is 0 Å². The van der Waals surface area contributed by atoms with Crippen LogP contribution in [-0.4, -0.2) is 17.9 Å². The molecule has 1 heterocycles. The van der Waals surface area contributed by atoms with Crippen molar-refractivity contribution in [2.45, 2.75) is 0 Å². The predicted octanol–water partition coefficient (Wildman–Crippen LogP) is -1.31. The molecular formula is C6H10N2O2. The summed E-state index contributed by atoms with van der Waals surface area (Å²) in [6.07, 6.45) is 5.17. The van der Waals surface area contributed by atoms with E-state index in [4.69, 9.17) is 5.73 Å². The van der Waals surface area contributed by atoms with Crippen molar-refractivity contribution in [3.8, 4) is 0 Å². The Morgan fingerprint density at radius 2 is 2.40 bits per heavy atom. The summed E-state index contributed by atoms with van der Waals surface area (Å²) in [6, 6.07) is 0. The zero-order chi connectivity index (χ0) is 6.69. The molecule has 5 N–H and O–H groups in total. The highest BCUT2D eigenvalue weighted by Gasteiger charge is 2.00. The Kier molecular flexibility index (Phi) is 3.21. The molecule has 4 nitrogen and oxygen atoms in total. The predicted molar refractivity (Wildman–Crippen MR) is 38.0 cm³/mol. The summed E-state index contributed by atoms with van der Waals surface area (Å²) in [6.45, 7) is 0.775. The molecule has 56 valence electrons. The lowest BCUT2D eigenvalue weighted by atomic mass is 10.2. The Bertz CT molecular complexity index is 184. The van der Waals surface area contributed by atoms with Gasteiger partial charge in [0, 0.05) is 12.7 Å². The van der Waals surface area contributed by atoms with Crippen molar-refractivity contribution in [3.05, 3.63) is 23.9 Å². The van der Waals surface area contributed by atoms with Crippen molar-refractivity contribution < 1.29 is 10.3 Å². The second-order valence-electron chi connectivity index (χ2n) is 1.77. The minimum absolute atomic E-state index is 0. The number of dihydropyridines is 1. The molecule has 1 aliphatic heterocycles. The topological polar surface area (TPSA) is 86.6 Å². The van der Waals surface area contributed by atoms with E-state index in [0.29, 0.717) is 5.57 Å². The molecule has 0 atom stereocenters. The Labute approximate surface area is 58.7 Å². The molecule has 0 aromatic rings. The maximum atomic E-state index is 10.4. The van der Waals surface area contributed by atoms with E-state index in [1.54, 1.807) is 12.3 Å². The zero-order valence-electron chi connectivity index (χ0n) is 5.42. The number of rotatable bonds is 1. The third-order valence-corrected chi connectivity index (χ3v) is 1.08. The Balaban J connectivity index is 0.000000810. The summed E-state index contributed by atoms with van der Waals surface area (Å²) in [5.41, 5.74) is 5.50. The number of carbonyl (C=O) groups is 1. The molecule has 0 saturated carbocycles. The number of hydrogen-bond donors (Lipinski definition) is 2. The van der Waals surface area contributed by atoms with E-state index in [-0.39, 0.29) is 5.48 Å². The van der Waals surface area contributed by atoms with Crippen LogP contribution < -0.4 is 11.1 Å². The third-order valence-electron chi connectivity index (χ3n) is 1.08. The first-order valence-electron chi connectivity index (χ1n) is 2.70. The van der Waals surface area contributed by atoms with Gasteiger partial charge >= 0.3 is 0 Å². The van der Waals surface area contributed by atoms with Crippen LogP contribution in [0.4, 0.5) is 0 Å². The van der Waals surface area contributed by atoms with Gasteiger partial charge < -0.3 is 16.5 Å². The molecule has 0 unspecified atom stereocenters. The first-order chi connectivity index (χ1) is 4.30. The molecule has 0 saturated heterocycles. The van der Waals surface area contributed by atoms with E-state index in [0.717, 1.165) is 6.54 Å². The Morgan fingerprint density at radius 3 is 2.70 bits per heavy atom. The van der Waals surface area contributed by atoms with Crippen molar-refractivity contribution >= 4 is 5.91 Å². The minimum atomic E-state index is -0.390. The van der Waals surface area contributed by atoms with Gasteiger partial charge in [0.15, 0.2) is 0 Å². The van der Waals surface area contributed by atoms with Crippen molar-refractivity contribution in [2.24, 2.45) is 5.73 Å². The molecule has 0 aromatic heterocycles. The van der Waals surface area contributed by atoms with E-state index in [1.165, 1.54) is 0 Å². The van der Waals surface area contributed by atoms with Crippen LogP contribution in [0.2, 0.25) is 0 Å². The molecule has 1 rings (SSSR count). The normalized spacial score (nSPS) is 14.6. The number of hydrogen-bond acceptors (Lipinski definition) is 2. The van der Waals surface area contributed by atoms with Gasteiger partial charge in [0.2, 0.25) is 5.91 Å². The molecule has 1 aliphatic rings. The Hall–Kier alpha value is -1.29. The van der Waals surface area contributed by atoms with Gasteiger partial charge in [-0.25, -0.2) is 0 Å². The molecule has 0 fully saturated rings. The van der Waals surface area contributed by atoms with Crippen LogP contribution in [0.3, 0.4) is 0 Å². The standard InChI is InChI=1S/C6H8N2O.H2O/c7-6(9)5-2-1-3-8-4-5;/h1-2,4,8H,3H2,(H2,7,9);1H2. The highest BCUT2D eigenvalue weighted by atomic mass is 16.1. The van der Waals surface area contributed by atoms with E-state index in [2.05, 4.69) is 5.32 Å².